The van der Waals surface area contributed by atoms with Crippen molar-refractivity contribution in [1.82, 2.24) is 4.98 Å². The second-order valence-corrected chi connectivity index (χ2v) is 8.55. The van der Waals surface area contributed by atoms with Crippen LogP contribution in [0.2, 0.25) is 0 Å². The van der Waals surface area contributed by atoms with Crippen molar-refractivity contribution in [1.29, 1.82) is 0 Å². The second kappa shape index (κ2) is 9.71. The minimum absolute atomic E-state index is 0.140. The molecular weight excluding hydrogens is 438 g/mol. The zero-order valence-electron chi connectivity index (χ0n) is 16.5. The number of benzene rings is 2. The van der Waals surface area contributed by atoms with Crippen molar-refractivity contribution in [3.63, 3.8) is 0 Å². The summed E-state index contributed by atoms with van der Waals surface area (Å²) in [7, 11) is 1.58. The number of carbonyl (C=O) groups is 2. The minimum atomic E-state index is -0.184. The van der Waals surface area contributed by atoms with Gasteiger partial charge in [0.25, 0.3) is 0 Å². The Morgan fingerprint density at radius 1 is 1.10 bits per heavy atom. The number of methoxy groups -OCH3 is 1. The van der Waals surface area contributed by atoms with Gasteiger partial charge in [0.2, 0.25) is 18.6 Å². The van der Waals surface area contributed by atoms with Crippen LogP contribution in [0.1, 0.15) is 5.69 Å². The van der Waals surface area contributed by atoms with Crippen LogP contribution < -0.4 is 24.8 Å². The Morgan fingerprint density at radius 3 is 2.77 bits per heavy atom. The Kier molecular flexibility index (Phi) is 6.58. The van der Waals surface area contributed by atoms with E-state index in [1.807, 2.05) is 17.5 Å². The van der Waals surface area contributed by atoms with E-state index >= 15 is 0 Å². The maximum Gasteiger partial charge on any atom is 0.234 e. The molecule has 4 rings (SSSR count). The van der Waals surface area contributed by atoms with E-state index in [9.17, 15) is 9.59 Å². The average molecular weight is 458 g/mol. The highest BCUT2D eigenvalue weighted by molar-refractivity contribution is 8.01. The molecular formula is C21H19N3O5S2. The molecule has 0 unspecified atom stereocenters. The molecule has 0 radical (unpaired) electrons. The molecule has 0 saturated heterocycles. The summed E-state index contributed by atoms with van der Waals surface area (Å²) in [4.78, 5) is 28.9. The van der Waals surface area contributed by atoms with E-state index in [1.54, 1.807) is 37.4 Å². The predicted octanol–water partition coefficient (Wildman–Crippen LogP) is 3.79. The van der Waals surface area contributed by atoms with Gasteiger partial charge in [-0.15, -0.1) is 11.3 Å². The quantitative estimate of drug-likeness (QED) is 0.497. The number of thiazole rings is 1. The van der Waals surface area contributed by atoms with Crippen LogP contribution in [-0.2, 0) is 16.0 Å². The molecule has 2 N–H and O–H groups in total. The fraction of sp³-hybridized carbons (Fsp3) is 0.190. The lowest BCUT2D eigenvalue weighted by molar-refractivity contribution is -0.116. The number of thioether (sulfide) groups is 1. The summed E-state index contributed by atoms with van der Waals surface area (Å²) < 4.78 is 16.4. The van der Waals surface area contributed by atoms with Gasteiger partial charge in [-0.3, -0.25) is 9.59 Å². The van der Waals surface area contributed by atoms with Gasteiger partial charge in [0.05, 0.1) is 25.0 Å². The van der Waals surface area contributed by atoms with Gasteiger partial charge in [-0.25, -0.2) is 4.98 Å². The van der Waals surface area contributed by atoms with E-state index in [1.165, 1.54) is 23.1 Å². The van der Waals surface area contributed by atoms with E-state index < -0.39 is 0 Å². The maximum absolute atomic E-state index is 12.3. The first kappa shape index (κ1) is 21.0. The molecule has 0 fully saturated rings. The normalized spacial score (nSPS) is 11.8. The van der Waals surface area contributed by atoms with Gasteiger partial charge in [0.15, 0.2) is 15.8 Å². The number of rotatable bonds is 8. The number of ether oxygens (including phenoxy) is 3. The van der Waals surface area contributed by atoms with Crippen LogP contribution in [0.25, 0.3) is 0 Å². The fourth-order valence-electron chi connectivity index (χ4n) is 2.81. The molecule has 0 saturated carbocycles. The summed E-state index contributed by atoms with van der Waals surface area (Å²) in [6.07, 6.45) is 0.140. The number of amides is 2. The monoisotopic (exact) mass is 457 g/mol. The van der Waals surface area contributed by atoms with Crippen LogP contribution in [0.5, 0.6) is 17.2 Å². The molecule has 3 aromatic rings. The molecule has 1 aromatic heterocycles. The lowest BCUT2D eigenvalue weighted by Crippen LogP contribution is -2.14. The average Bonchev–Trinajstić information content (AvgIpc) is 3.41. The van der Waals surface area contributed by atoms with Crippen LogP contribution in [0, 0.1) is 0 Å². The molecule has 1 aliphatic rings. The number of aromatic nitrogens is 1. The summed E-state index contributed by atoms with van der Waals surface area (Å²) in [5, 5.41) is 7.47. The largest absolute Gasteiger partial charge is 0.497 e. The third-order valence-electron chi connectivity index (χ3n) is 4.21. The van der Waals surface area contributed by atoms with Crippen molar-refractivity contribution in [2.75, 3.05) is 30.3 Å². The van der Waals surface area contributed by atoms with Gasteiger partial charge >= 0.3 is 0 Å². The van der Waals surface area contributed by atoms with Crippen molar-refractivity contribution < 1.29 is 23.8 Å². The molecule has 10 heteroatoms. The van der Waals surface area contributed by atoms with Crippen molar-refractivity contribution in [3.05, 3.63) is 53.5 Å². The molecule has 1 aliphatic heterocycles. The van der Waals surface area contributed by atoms with Gasteiger partial charge < -0.3 is 24.8 Å². The third-order valence-corrected chi connectivity index (χ3v) is 6.28. The Bertz CT molecular complexity index is 1100. The van der Waals surface area contributed by atoms with Gasteiger partial charge in [-0.05, 0) is 24.3 Å². The predicted molar refractivity (Wildman–Crippen MR) is 119 cm³/mol. The summed E-state index contributed by atoms with van der Waals surface area (Å²) in [5.41, 5.74) is 1.96. The van der Waals surface area contributed by atoms with E-state index in [0.717, 1.165) is 4.34 Å². The van der Waals surface area contributed by atoms with E-state index in [0.29, 0.717) is 34.3 Å². The Balaban J connectivity index is 1.25. The van der Waals surface area contributed by atoms with Gasteiger partial charge in [0, 0.05) is 28.9 Å². The summed E-state index contributed by atoms with van der Waals surface area (Å²) >= 11 is 2.73. The topological polar surface area (TPSA) is 98.8 Å². The van der Waals surface area contributed by atoms with Crippen LogP contribution in [0.3, 0.4) is 0 Å². The molecule has 8 nitrogen and oxygen atoms in total. The number of nitrogens with zero attached hydrogens (tertiary/aromatic N) is 1. The zero-order chi connectivity index (χ0) is 21.6. The Labute approximate surface area is 186 Å². The highest BCUT2D eigenvalue weighted by Gasteiger charge is 2.15. The van der Waals surface area contributed by atoms with E-state index in [4.69, 9.17) is 14.2 Å². The molecule has 0 atom stereocenters. The second-order valence-electron chi connectivity index (χ2n) is 6.47. The van der Waals surface area contributed by atoms with Crippen LogP contribution in [-0.4, -0.2) is 36.5 Å². The molecule has 0 spiro atoms. The number of hydrogen-bond donors (Lipinski definition) is 2. The number of anilines is 2. The lowest BCUT2D eigenvalue weighted by Gasteiger charge is -2.06. The summed E-state index contributed by atoms with van der Waals surface area (Å²) in [6.45, 7) is 0.184. The summed E-state index contributed by atoms with van der Waals surface area (Å²) in [5.74, 6) is 1.83. The maximum atomic E-state index is 12.3. The smallest absolute Gasteiger partial charge is 0.234 e. The van der Waals surface area contributed by atoms with Crippen molar-refractivity contribution in [3.8, 4) is 17.2 Å². The molecule has 0 bridgehead atoms. The minimum Gasteiger partial charge on any atom is -0.497 e. The fourth-order valence-corrected chi connectivity index (χ4v) is 4.45. The first-order valence-electron chi connectivity index (χ1n) is 9.29. The van der Waals surface area contributed by atoms with Gasteiger partial charge in [0.1, 0.15) is 5.75 Å². The molecule has 2 aromatic carbocycles. The van der Waals surface area contributed by atoms with Crippen molar-refractivity contribution >= 4 is 46.3 Å². The molecule has 0 aliphatic carbocycles. The number of fused-ring (bicyclic) bond motifs is 1. The van der Waals surface area contributed by atoms with E-state index in [-0.39, 0.29) is 30.8 Å². The Morgan fingerprint density at radius 2 is 1.90 bits per heavy atom. The highest BCUT2D eigenvalue weighted by Crippen LogP contribution is 2.34. The SMILES string of the molecule is COc1cccc(NC(=O)CSc2nc(CC(=O)Nc3ccc4c(c3)OCO4)cs2)c1. The molecule has 2 heterocycles. The van der Waals surface area contributed by atoms with Gasteiger partial charge in [-0.2, -0.15) is 0 Å². The zero-order valence-corrected chi connectivity index (χ0v) is 18.2. The first-order valence-corrected chi connectivity index (χ1v) is 11.2. The van der Waals surface area contributed by atoms with Crippen LogP contribution in [0.15, 0.2) is 52.2 Å². The number of nitrogens with one attached hydrogen (secondary N) is 2. The number of carbonyl (C=O) groups excluding carboxylic acids is 2. The van der Waals surface area contributed by atoms with Crippen LogP contribution in [0.4, 0.5) is 11.4 Å². The number of hydrogen-bond acceptors (Lipinski definition) is 8. The molecule has 31 heavy (non-hydrogen) atoms. The first-order chi connectivity index (χ1) is 15.1. The highest BCUT2D eigenvalue weighted by atomic mass is 32.2. The lowest BCUT2D eigenvalue weighted by atomic mass is 10.2. The Hall–Kier alpha value is -3.24. The molecule has 2 amide bonds. The van der Waals surface area contributed by atoms with Crippen LogP contribution >= 0.6 is 23.1 Å². The van der Waals surface area contributed by atoms with Crippen molar-refractivity contribution in [2.45, 2.75) is 10.8 Å². The van der Waals surface area contributed by atoms with E-state index in [2.05, 4.69) is 15.6 Å². The van der Waals surface area contributed by atoms with Gasteiger partial charge in [-0.1, -0.05) is 17.8 Å². The summed E-state index contributed by atoms with van der Waals surface area (Å²) in [6, 6.07) is 12.4. The van der Waals surface area contributed by atoms with Crippen molar-refractivity contribution in [2.24, 2.45) is 0 Å². The standard InChI is InChI=1S/C21H19N3O5S2/c1-27-16-4-2-3-13(7-16)23-20(26)11-31-21-24-15(10-30-21)9-19(25)22-14-5-6-17-18(8-14)29-12-28-17/h2-8,10H,9,11-12H2,1H3,(H,22,25)(H,23,26). The third kappa shape index (κ3) is 5.68. The molecule has 160 valence electrons.